The predicted octanol–water partition coefficient (Wildman–Crippen LogP) is 2.39. The molecule has 2 amide bonds. The first-order chi connectivity index (χ1) is 11.9. The summed E-state index contributed by atoms with van der Waals surface area (Å²) in [6.45, 7) is 3.43. The molecule has 0 radical (unpaired) electrons. The van der Waals surface area contributed by atoms with Crippen LogP contribution in [-0.4, -0.2) is 26.0 Å². The van der Waals surface area contributed by atoms with E-state index in [0.717, 1.165) is 5.56 Å². The van der Waals surface area contributed by atoms with Crippen LogP contribution in [0.2, 0.25) is 0 Å². The Morgan fingerprint density at radius 3 is 2.36 bits per heavy atom. The summed E-state index contributed by atoms with van der Waals surface area (Å²) in [7, 11) is 3.08. The van der Waals surface area contributed by atoms with Crippen LogP contribution in [0.15, 0.2) is 34.8 Å². The number of methoxy groups -OCH3 is 2. The van der Waals surface area contributed by atoms with Crippen LogP contribution in [0.1, 0.15) is 27.4 Å². The van der Waals surface area contributed by atoms with E-state index in [2.05, 4.69) is 10.9 Å². The molecule has 0 saturated heterocycles. The topological polar surface area (TPSA) is 89.8 Å². The lowest BCUT2D eigenvalue weighted by atomic mass is 10.2. The van der Waals surface area contributed by atoms with E-state index in [-0.39, 0.29) is 0 Å². The fourth-order valence-corrected chi connectivity index (χ4v) is 2.21. The van der Waals surface area contributed by atoms with Crippen molar-refractivity contribution in [2.24, 2.45) is 0 Å². The molecule has 1 aromatic heterocycles. The number of amides is 2. The molecule has 1 heterocycles. The zero-order valence-electron chi connectivity index (χ0n) is 14.5. The second kappa shape index (κ2) is 8.05. The van der Waals surface area contributed by atoms with E-state index in [4.69, 9.17) is 13.9 Å². The summed E-state index contributed by atoms with van der Waals surface area (Å²) in [5.41, 5.74) is 5.78. The number of hydrogen-bond donors (Lipinski definition) is 2. The maximum absolute atomic E-state index is 12.0. The maximum atomic E-state index is 12.0. The molecule has 0 saturated carbocycles. The Labute approximate surface area is 145 Å². The highest BCUT2D eigenvalue weighted by molar-refractivity contribution is 5.98. The molecular weight excluding hydrogens is 324 g/mol. The minimum atomic E-state index is -0.471. The van der Waals surface area contributed by atoms with Gasteiger partial charge < -0.3 is 13.9 Å². The fourth-order valence-electron chi connectivity index (χ4n) is 2.21. The number of hydrazine groups is 1. The summed E-state index contributed by atoms with van der Waals surface area (Å²) in [6.07, 6.45) is 2.89. The average molecular weight is 344 g/mol. The molecule has 7 heteroatoms. The van der Waals surface area contributed by atoms with Crippen molar-refractivity contribution in [1.29, 1.82) is 0 Å². The van der Waals surface area contributed by atoms with Crippen molar-refractivity contribution < 1.29 is 23.5 Å². The van der Waals surface area contributed by atoms with Crippen LogP contribution in [0.3, 0.4) is 0 Å². The van der Waals surface area contributed by atoms with Gasteiger partial charge >= 0.3 is 0 Å². The Hall–Kier alpha value is -3.22. The van der Waals surface area contributed by atoms with Crippen molar-refractivity contribution in [3.05, 3.63) is 53.0 Å². The number of ether oxygens (including phenoxy) is 2. The number of aryl methyl sites for hydroxylation is 2. The summed E-state index contributed by atoms with van der Waals surface area (Å²) < 4.78 is 15.6. The van der Waals surface area contributed by atoms with Gasteiger partial charge in [0.25, 0.3) is 11.8 Å². The summed E-state index contributed by atoms with van der Waals surface area (Å²) in [5, 5.41) is 0. The molecule has 0 atom stereocenters. The van der Waals surface area contributed by atoms with Crippen LogP contribution in [-0.2, 0) is 4.79 Å². The van der Waals surface area contributed by atoms with Crippen LogP contribution >= 0.6 is 0 Å². The van der Waals surface area contributed by atoms with E-state index in [0.29, 0.717) is 28.6 Å². The molecule has 7 nitrogen and oxygen atoms in total. The van der Waals surface area contributed by atoms with E-state index in [1.165, 1.54) is 13.2 Å². The molecular formula is C18H20N2O5. The quantitative estimate of drug-likeness (QED) is 0.642. The summed E-state index contributed by atoms with van der Waals surface area (Å²) in [5.74, 6) is 1.36. The summed E-state index contributed by atoms with van der Waals surface area (Å²) >= 11 is 0. The van der Waals surface area contributed by atoms with Crippen molar-refractivity contribution in [2.75, 3.05) is 14.2 Å². The average Bonchev–Trinajstić information content (AvgIpc) is 2.95. The molecule has 0 aliphatic rings. The molecule has 0 unspecified atom stereocenters. The minimum absolute atomic E-state index is 0.377. The van der Waals surface area contributed by atoms with Gasteiger partial charge in [-0.25, -0.2) is 0 Å². The molecule has 2 aromatic rings. The summed E-state index contributed by atoms with van der Waals surface area (Å²) in [6, 6.07) is 6.86. The lowest BCUT2D eigenvalue weighted by Gasteiger charge is -2.07. The number of benzene rings is 1. The molecule has 0 aliphatic carbocycles. The Morgan fingerprint density at radius 1 is 1.04 bits per heavy atom. The molecule has 2 rings (SSSR count). The van der Waals surface area contributed by atoms with Crippen LogP contribution in [0.25, 0.3) is 6.08 Å². The first kappa shape index (κ1) is 18.1. The van der Waals surface area contributed by atoms with Gasteiger partial charge in [-0.2, -0.15) is 0 Å². The van der Waals surface area contributed by atoms with Crippen molar-refractivity contribution in [1.82, 2.24) is 10.9 Å². The zero-order valence-corrected chi connectivity index (χ0v) is 14.5. The van der Waals surface area contributed by atoms with Gasteiger partial charge in [-0.3, -0.25) is 20.4 Å². The van der Waals surface area contributed by atoms with Crippen molar-refractivity contribution in [2.45, 2.75) is 13.8 Å². The second-order valence-electron chi connectivity index (χ2n) is 5.22. The van der Waals surface area contributed by atoms with Gasteiger partial charge in [0, 0.05) is 6.08 Å². The lowest BCUT2D eigenvalue weighted by molar-refractivity contribution is -0.117. The third-order valence-corrected chi connectivity index (χ3v) is 3.42. The molecule has 0 bridgehead atoms. The largest absolute Gasteiger partial charge is 0.493 e. The number of carbonyl (C=O) groups excluding carboxylic acids is 2. The highest BCUT2D eigenvalue weighted by Crippen LogP contribution is 2.27. The van der Waals surface area contributed by atoms with Crippen LogP contribution in [0.4, 0.5) is 0 Å². The van der Waals surface area contributed by atoms with E-state index in [1.807, 2.05) is 0 Å². The highest BCUT2D eigenvalue weighted by Gasteiger charge is 2.13. The SMILES string of the molecule is COc1ccc(/C=C/C(=O)NNC(=O)c2cc(C)oc2C)cc1OC. The maximum Gasteiger partial charge on any atom is 0.273 e. The molecule has 2 N–H and O–H groups in total. The Kier molecular flexibility index (Phi) is 5.84. The van der Waals surface area contributed by atoms with Gasteiger partial charge in [0.05, 0.1) is 19.8 Å². The highest BCUT2D eigenvalue weighted by atomic mass is 16.5. The van der Waals surface area contributed by atoms with Gasteiger partial charge in [0.1, 0.15) is 11.5 Å². The fraction of sp³-hybridized carbons (Fsp3) is 0.222. The van der Waals surface area contributed by atoms with Gasteiger partial charge in [0.15, 0.2) is 11.5 Å². The van der Waals surface area contributed by atoms with Crippen molar-refractivity contribution in [3.8, 4) is 11.5 Å². The van der Waals surface area contributed by atoms with E-state index in [9.17, 15) is 9.59 Å². The van der Waals surface area contributed by atoms with E-state index in [1.54, 1.807) is 51.3 Å². The minimum Gasteiger partial charge on any atom is -0.493 e. The normalized spacial score (nSPS) is 10.6. The smallest absolute Gasteiger partial charge is 0.273 e. The van der Waals surface area contributed by atoms with Crippen LogP contribution < -0.4 is 20.3 Å². The van der Waals surface area contributed by atoms with Crippen molar-refractivity contribution >= 4 is 17.9 Å². The molecule has 0 aliphatic heterocycles. The van der Waals surface area contributed by atoms with Gasteiger partial charge in [0.2, 0.25) is 0 Å². The Balaban J connectivity index is 1.95. The lowest BCUT2D eigenvalue weighted by Crippen LogP contribution is -2.40. The zero-order chi connectivity index (χ0) is 18.4. The molecule has 0 fully saturated rings. The third-order valence-electron chi connectivity index (χ3n) is 3.42. The Bertz CT molecular complexity index is 808. The van der Waals surface area contributed by atoms with E-state index < -0.39 is 11.8 Å². The number of furan rings is 1. The molecule has 0 spiro atoms. The number of rotatable bonds is 5. The van der Waals surface area contributed by atoms with Crippen molar-refractivity contribution in [3.63, 3.8) is 0 Å². The molecule has 1 aromatic carbocycles. The van der Waals surface area contributed by atoms with Gasteiger partial charge in [-0.15, -0.1) is 0 Å². The van der Waals surface area contributed by atoms with Gasteiger partial charge in [-0.05, 0) is 43.7 Å². The predicted molar refractivity (Wildman–Crippen MR) is 92.4 cm³/mol. The second-order valence-corrected chi connectivity index (χ2v) is 5.22. The van der Waals surface area contributed by atoms with Crippen LogP contribution in [0.5, 0.6) is 11.5 Å². The van der Waals surface area contributed by atoms with Crippen LogP contribution in [0, 0.1) is 13.8 Å². The van der Waals surface area contributed by atoms with E-state index >= 15 is 0 Å². The van der Waals surface area contributed by atoms with Gasteiger partial charge in [-0.1, -0.05) is 6.07 Å². The summed E-state index contributed by atoms with van der Waals surface area (Å²) in [4.78, 5) is 23.8. The molecule has 132 valence electrons. The Morgan fingerprint density at radius 2 is 1.76 bits per heavy atom. The molecule has 25 heavy (non-hydrogen) atoms. The first-order valence-corrected chi connectivity index (χ1v) is 7.52. The monoisotopic (exact) mass is 344 g/mol. The third kappa shape index (κ3) is 4.63. The first-order valence-electron chi connectivity index (χ1n) is 7.52. The number of hydrogen-bond acceptors (Lipinski definition) is 5. The standard InChI is InChI=1S/C18H20N2O5/c1-11-9-14(12(2)25-11)18(22)20-19-17(21)8-6-13-5-7-15(23-3)16(10-13)24-4/h5-10H,1-4H3,(H,19,21)(H,20,22)/b8-6+. The number of nitrogens with one attached hydrogen (secondary N) is 2. The number of carbonyl (C=O) groups is 2.